The molecule has 1 heterocycles. The molecule has 2 rings (SSSR count). The first kappa shape index (κ1) is 14.7. The Labute approximate surface area is 123 Å². The smallest absolute Gasteiger partial charge is 0.257 e. The zero-order valence-electron chi connectivity index (χ0n) is 12.4. The molecule has 5 N–H and O–H groups in total. The molecule has 0 saturated heterocycles. The third kappa shape index (κ3) is 2.91. The minimum absolute atomic E-state index is 0.218. The van der Waals surface area contributed by atoms with Crippen molar-refractivity contribution in [3.63, 3.8) is 0 Å². The molecule has 0 fully saturated rings. The van der Waals surface area contributed by atoms with Gasteiger partial charge in [-0.2, -0.15) is 4.98 Å². The molecule has 0 saturated carbocycles. The summed E-state index contributed by atoms with van der Waals surface area (Å²) in [4.78, 5) is 18.3. The summed E-state index contributed by atoms with van der Waals surface area (Å²) in [5.41, 5.74) is 13.0. The monoisotopic (exact) mass is 288 g/mol. The average molecular weight is 288 g/mol. The first-order chi connectivity index (χ1) is 9.93. The number of nitrogens with two attached hydrogens (primary N) is 2. The second kappa shape index (κ2) is 5.74. The number of benzene rings is 1. The molecule has 112 valence electrons. The summed E-state index contributed by atoms with van der Waals surface area (Å²) in [6.45, 7) is 2.48. The second-order valence-corrected chi connectivity index (χ2v) is 4.85. The van der Waals surface area contributed by atoms with Gasteiger partial charge in [-0.15, -0.1) is 0 Å². The van der Waals surface area contributed by atoms with Gasteiger partial charge in [-0.25, -0.2) is 0 Å². The molecule has 7 nitrogen and oxygen atoms in total. The summed E-state index contributed by atoms with van der Waals surface area (Å²) >= 11 is 0. The third-order valence-electron chi connectivity index (χ3n) is 3.22. The molecular formula is C14H20N6O. The van der Waals surface area contributed by atoms with E-state index in [2.05, 4.69) is 10.3 Å². The van der Waals surface area contributed by atoms with Crippen molar-refractivity contribution in [2.45, 2.75) is 13.5 Å². The molecule has 0 bridgehead atoms. The van der Waals surface area contributed by atoms with Crippen LogP contribution in [0.1, 0.15) is 17.3 Å². The lowest BCUT2D eigenvalue weighted by Crippen LogP contribution is -2.16. The van der Waals surface area contributed by atoms with Crippen molar-refractivity contribution in [1.29, 1.82) is 0 Å². The summed E-state index contributed by atoms with van der Waals surface area (Å²) in [7, 11) is 3.89. The van der Waals surface area contributed by atoms with E-state index >= 15 is 0 Å². The molecule has 0 radical (unpaired) electrons. The van der Waals surface area contributed by atoms with Crippen LogP contribution in [0.4, 0.5) is 23.3 Å². The maximum atomic E-state index is 12.2. The number of aromatic nitrogens is 2. The van der Waals surface area contributed by atoms with Crippen LogP contribution in [-0.4, -0.2) is 29.6 Å². The number of rotatable bonds is 4. The number of hydrogen-bond acceptors (Lipinski definition) is 5. The van der Waals surface area contributed by atoms with Gasteiger partial charge < -0.3 is 16.4 Å². The molecule has 1 aromatic heterocycles. The van der Waals surface area contributed by atoms with E-state index in [1.165, 1.54) is 0 Å². The zero-order chi connectivity index (χ0) is 15.6. The highest BCUT2D eigenvalue weighted by molar-refractivity contribution is 6.03. The summed E-state index contributed by atoms with van der Waals surface area (Å²) in [6.07, 6.45) is 0. The highest BCUT2D eigenvalue weighted by Gasteiger charge is 2.14. The lowest BCUT2D eigenvalue weighted by Gasteiger charge is -2.12. The topological polar surface area (TPSA) is 102 Å². The standard InChI is InChI=1S/C14H20N6O/c1-4-20-12(16)11(15)17-14(20)18-13(21)9-5-7-10(8-6-9)19(2)3/h5-8H,4,15-16H2,1-3H3,(H,17,18,21). The quantitative estimate of drug-likeness (QED) is 0.789. The average Bonchev–Trinajstić information content (AvgIpc) is 2.73. The Kier molecular flexibility index (Phi) is 4.02. The summed E-state index contributed by atoms with van der Waals surface area (Å²) in [6, 6.07) is 7.28. The SMILES string of the molecule is CCn1c(NC(=O)c2ccc(N(C)C)cc2)nc(N)c1N. The van der Waals surface area contributed by atoms with Gasteiger partial charge in [0.25, 0.3) is 5.91 Å². The molecule has 1 amide bonds. The van der Waals surface area contributed by atoms with Crippen LogP contribution in [0.3, 0.4) is 0 Å². The number of carbonyl (C=O) groups is 1. The van der Waals surface area contributed by atoms with Gasteiger partial charge in [0, 0.05) is 31.9 Å². The van der Waals surface area contributed by atoms with Crippen molar-refractivity contribution >= 4 is 29.2 Å². The van der Waals surface area contributed by atoms with Crippen LogP contribution in [0.2, 0.25) is 0 Å². The third-order valence-corrected chi connectivity index (χ3v) is 3.22. The van der Waals surface area contributed by atoms with Crippen molar-refractivity contribution in [3.05, 3.63) is 29.8 Å². The summed E-state index contributed by atoms with van der Waals surface area (Å²) in [5.74, 6) is 0.681. The molecular weight excluding hydrogens is 268 g/mol. The first-order valence-electron chi connectivity index (χ1n) is 6.64. The highest BCUT2D eigenvalue weighted by atomic mass is 16.1. The van der Waals surface area contributed by atoms with E-state index in [-0.39, 0.29) is 11.7 Å². The predicted molar refractivity (Wildman–Crippen MR) is 85.4 cm³/mol. The Balaban J connectivity index is 2.20. The van der Waals surface area contributed by atoms with Crippen molar-refractivity contribution in [1.82, 2.24) is 9.55 Å². The fraction of sp³-hybridized carbons (Fsp3) is 0.286. The van der Waals surface area contributed by atoms with Gasteiger partial charge in [0.15, 0.2) is 5.82 Å². The number of imidazole rings is 1. The lowest BCUT2D eigenvalue weighted by atomic mass is 10.2. The van der Waals surface area contributed by atoms with Crippen molar-refractivity contribution < 1.29 is 4.79 Å². The number of nitrogens with zero attached hydrogens (tertiary/aromatic N) is 3. The van der Waals surface area contributed by atoms with Crippen LogP contribution < -0.4 is 21.7 Å². The van der Waals surface area contributed by atoms with Crippen LogP contribution in [0, 0.1) is 0 Å². The fourth-order valence-electron chi connectivity index (χ4n) is 1.98. The molecule has 7 heteroatoms. The van der Waals surface area contributed by atoms with Gasteiger partial charge in [-0.1, -0.05) is 0 Å². The molecule has 0 aliphatic carbocycles. The van der Waals surface area contributed by atoms with E-state index in [1.54, 1.807) is 16.7 Å². The van der Waals surface area contributed by atoms with Crippen molar-refractivity contribution in [2.24, 2.45) is 0 Å². The number of hydrogen-bond donors (Lipinski definition) is 3. The van der Waals surface area contributed by atoms with Gasteiger partial charge in [0.05, 0.1) is 0 Å². The molecule has 0 unspecified atom stereocenters. The number of amides is 1. The van der Waals surface area contributed by atoms with E-state index in [0.29, 0.717) is 23.9 Å². The molecule has 0 spiro atoms. The molecule has 0 atom stereocenters. The molecule has 21 heavy (non-hydrogen) atoms. The largest absolute Gasteiger partial charge is 0.382 e. The maximum Gasteiger partial charge on any atom is 0.257 e. The Morgan fingerprint density at radius 2 is 1.90 bits per heavy atom. The first-order valence-corrected chi connectivity index (χ1v) is 6.64. The highest BCUT2D eigenvalue weighted by Crippen LogP contribution is 2.21. The predicted octanol–water partition coefficient (Wildman–Crippen LogP) is 1.39. The van der Waals surface area contributed by atoms with E-state index in [1.807, 2.05) is 38.1 Å². The zero-order valence-corrected chi connectivity index (χ0v) is 12.4. The number of nitrogens with one attached hydrogen (secondary N) is 1. The second-order valence-electron chi connectivity index (χ2n) is 4.85. The Hall–Kier alpha value is -2.70. The van der Waals surface area contributed by atoms with Crippen LogP contribution in [0.5, 0.6) is 0 Å². The van der Waals surface area contributed by atoms with Gasteiger partial charge in [0.1, 0.15) is 5.82 Å². The van der Waals surface area contributed by atoms with Crippen LogP contribution >= 0.6 is 0 Å². The fourth-order valence-corrected chi connectivity index (χ4v) is 1.98. The van der Waals surface area contributed by atoms with E-state index in [4.69, 9.17) is 11.5 Å². The molecule has 0 aliphatic rings. The number of nitrogen functional groups attached to an aromatic ring is 2. The Morgan fingerprint density at radius 3 is 2.43 bits per heavy atom. The minimum atomic E-state index is -0.250. The molecule has 2 aromatic rings. The lowest BCUT2D eigenvalue weighted by molar-refractivity contribution is 0.102. The van der Waals surface area contributed by atoms with E-state index in [9.17, 15) is 4.79 Å². The summed E-state index contributed by atoms with van der Waals surface area (Å²) < 4.78 is 1.65. The Bertz CT molecular complexity index is 644. The minimum Gasteiger partial charge on any atom is -0.382 e. The number of anilines is 4. The van der Waals surface area contributed by atoms with Gasteiger partial charge in [-0.3, -0.25) is 14.7 Å². The van der Waals surface area contributed by atoms with Crippen molar-refractivity contribution in [3.8, 4) is 0 Å². The number of carbonyl (C=O) groups excluding carboxylic acids is 1. The van der Waals surface area contributed by atoms with Crippen LogP contribution in [0.15, 0.2) is 24.3 Å². The molecule has 1 aromatic carbocycles. The summed E-state index contributed by atoms with van der Waals surface area (Å²) in [5, 5.41) is 2.73. The van der Waals surface area contributed by atoms with Gasteiger partial charge >= 0.3 is 0 Å². The van der Waals surface area contributed by atoms with Gasteiger partial charge in [0.2, 0.25) is 5.95 Å². The van der Waals surface area contributed by atoms with Gasteiger partial charge in [-0.05, 0) is 31.2 Å². The van der Waals surface area contributed by atoms with E-state index in [0.717, 1.165) is 5.69 Å². The normalized spacial score (nSPS) is 10.4. The Morgan fingerprint density at radius 1 is 1.29 bits per heavy atom. The maximum absolute atomic E-state index is 12.2. The van der Waals surface area contributed by atoms with E-state index < -0.39 is 0 Å². The van der Waals surface area contributed by atoms with Crippen LogP contribution in [-0.2, 0) is 6.54 Å². The molecule has 0 aliphatic heterocycles. The van der Waals surface area contributed by atoms with Crippen molar-refractivity contribution in [2.75, 3.05) is 35.8 Å². The van der Waals surface area contributed by atoms with Crippen LogP contribution in [0.25, 0.3) is 0 Å².